The van der Waals surface area contributed by atoms with Gasteiger partial charge in [-0.15, -0.1) is 0 Å². The Morgan fingerprint density at radius 1 is 1.18 bits per heavy atom. The molecule has 5 nitrogen and oxygen atoms in total. The largest absolute Gasteiger partial charge is 0.417 e. The Kier molecular flexibility index (Phi) is 6.77. The van der Waals surface area contributed by atoms with Gasteiger partial charge in [0.15, 0.2) is 0 Å². The molecule has 3 heterocycles. The molecule has 1 aromatic carbocycles. The molecule has 1 aliphatic rings. The highest BCUT2D eigenvalue weighted by Crippen LogP contribution is 2.32. The fourth-order valence-corrected chi connectivity index (χ4v) is 4.79. The molecule has 2 aromatic heterocycles. The summed E-state index contributed by atoms with van der Waals surface area (Å²) in [6.07, 6.45) is 3.14. The summed E-state index contributed by atoms with van der Waals surface area (Å²) in [6, 6.07) is 8.33. The summed E-state index contributed by atoms with van der Waals surface area (Å²) >= 11 is 0. The molecule has 1 saturated heterocycles. The average Bonchev–Trinajstić information content (AvgIpc) is 3.23. The lowest BCUT2D eigenvalue weighted by Gasteiger charge is -2.40. The lowest BCUT2D eigenvalue weighted by molar-refractivity contribution is -0.137. The van der Waals surface area contributed by atoms with Crippen LogP contribution in [-0.2, 0) is 19.6 Å². The van der Waals surface area contributed by atoms with E-state index in [2.05, 4.69) is 16.9 Å². The standard InChI is InChI=1S/C26H29F3N4O/c1-17-6-10-21(24-30-12-14-32(24)3)22(15-17)25(34)33-13-4-5-18(2)23(33)11-9-20-8-7-19(16-31-20)26(27,28)29/h6-8,10,12,14-16,18,23H,4-5,9,11,13H2,1-3H3/t18-,23-/m1/s1. The predicted octanol–water partition coefficient (Wildman–Crippen LogP) is 5.68. The van der Waals surface area contributed by atoms with Gasteiger partial charge in [-0.05, 0) is 56.7 Å². The van der Waals surface area contributed by atoms with E-state index in [4.69, 9.17) is 0 Å². The van der Waals surface area contributed by atoms with Gasteiger partial charge < -0.3 is 9.47 Å². The first-order chi connectivity index (χ1) is 16.1. The van der Waals surface area contributed by atoms with E-state index >= 15 is 0 Å². The molecule has 0 N–H and O–H groups in total. The highest BCUT2D eigenvalue weighted by atomic mass is 19.4. The van der Waals surface area contributed by atoms with Crippen molar-refractivity contribution in [2.24, 2.45) is 13.0 Å². The number of halogens is 3. The number of carbonyl (C=O) groups excluding carboxylic acids is 1. The molecule has 2 atom stereocenters. The van der Waals surface area contributed by atoms with Crippen LogP contribution in [0.4, 0.5) is 13.2 Å². The van der Waals surface area contributed by atoms with E-state index in [-0.39, 0.29) is 17.9 Å². The van der Waals surface area contributed by atoms with E-state index in [1.165, 1.54) is 6.07 Å². The number of alkyl halides is 3. The minimum absolute atomic E-state index is 0.0138. The van der Waals surface area contributed by atoms with Crippen LogP contribution in [0.1, 0.15) is 53.4 Å². The molecule has 0 unspecified atom stereocenters. The number of hydrogen-bond acceptors (Lipinski definition) is 3. The molecule has 0 radical (unpaired) electrons. The van der Waals surface area contributed by atoms with Gasteiger partial charge in [-0.2, -0.15) is 13.2 Å². The summed E-state index contributed by atoms with van der Waals surface area (Å²) in [6.45, 7) is 4.76. The smallest absolute Gasteiger partial charge is 0.335 e. The minimum Gasteiger partial charge on any atom is -0.335 e. The second kappa shape index (κ2) is 9.60. The Hall–Kier alpha value is -3.16. The second-order valence-corrected chi connectivity index (χ2v) is 9.17. The third-order valence-electron chi connectivity index (χ3n) is 6.69. The zero-order valence-corrected chi connectivity index (χ0v) is 19.6. The third kappa shape index (κ3) is 5.00. The lowest BCUT2D eigenvalue weighted by atomic mass is 9.86. The summed E-state index contributed by atoms with van der Waals surface area (Å²) in [5.41, 5.74) is 2.27. The molecular formula is C26H29F3N4O. The normalized spacial score (nSPS) is 18.8. The van der Waals surface area contributed by atoms with Crippen molar-refractivity contribution in [2.75, 3.05) is 6.54 Å². The molecule has 1 amide bonds. The van der Waals surface area contributed by atoms with Crippen molar-refractivity contribution in [1.29, 1.82) is 0 Å². The van der Waals surface area contributed by atoms with E-state index in [0.29, 0.717) is 30.6 Å². The first-order valence-electron chi connectivity index (χ1n) is 11.6. The highest BCUT2D eigenvalue weighted by molar-refractivity contribution is 6.00. The summed E-state index contributed by atoms with van der Waals surface area (Å²) in [5.74, 6) is 0.992. The van der Waals surface area contributed by atoms with E-state index in [1.807, 2.05) is 47.8 Å². The molecule has 3 aromatic rings. The van der Waals surface area contributed by atoms with Crippen LogP contribution in [0.25, 0.3) is 11.4 Å². The van der Waals surface area contributed by atoms with Crippen molar-refractivity contribution < 1.29 is 18.0 Å². The van der Waals surface area contributed by atoms with Crippen molar-refractivity contribution in [3.63, 3.8) is 0 Å². The van der Waals surface area contributed by atoms with E-state index in [9.17, 15) is 18.0 Å². The van der Waals surface area contributed by atoms with Crippen molar-refractivity contribution >= 4 is 5.91 Å². The zero-order valence-electron chi connectivity index (χ0n) is 19.6. The topological polar surface area (TPSA) is 51.0 Å². The van der Waals surface area contributed by atoms with Gasteiger partial charge in [0.2, 0.25) is 0 Å². The molecule has 1 aliphatic heterocycles. The summed E-state index contributed by atoms with van der Waals surface area (Å²) in [5, 5.41) is 0. The fourth-order valence-electron chi connectivity index (χ4n) is 4.79. The molecule has 0 bridgehead atoms. The SMILES string of the molecule is Cc1ccc(-c2nccn2C)c(C(=O)N2CCC[C@@H](C)[C@H]2CCc2ccc(C(F)(F)F)cn2)c1. The van der Waals surface area contributed by atoms with Crippen LogP contribution >= 0.6 is 0 Å². The van der Waals surface area contributed by atoms with Gasteiger partial charge in [-0.25, -0.2) is 4.98 Å². The number of aryl methyl sites for hydroxylation is 3. The molecule has 0 spiro atoms. The zero-order chi connectivity index (χ0) is 24.5. The Morgan fingerprint density at radius 2 is 1.97 bits per heavy atom. The number of pyridine rings is 1. The molecule has 34 heavy (non-hydrogen) atoms. The monoisotopic (exact) mass is 470 g/mol. The number of rotatable bonds is 5. The van der Waals surface area contributed by atoms with Gasteiger partial charge in [0.25, 0.3) is 5.91 Å². The summed E-state index contributed by atoms with van der Waals surface area (Å²) in [7, 11) is 1.90. The Morgan fingerprint density at radius 3 is 2.62 bits per heavy atom. The third-order valence-corrected chi connectivity index (χ3v) is 6.69. The van der Waals surface area contributed by atoms with Crippen LogP contribution in [0.2, 0.25) is 0 Å². The molecule has 0 aliphatic carbocycles. The number of hydrogen-bond donors (Lipinski definition) is 0. The van der Waals surface area contributed by atoms with Crippen molar-refractivity contribution in [3.8, 4) is 11.4 Å². The number of piperidine rings is 1. The van der Waals surface area contributed by atoms with Gasteiger partial charge in [0, 0.05) is 49.5 Å². The van der Waals surface area contributed by atoms with Crippen molar-refractivity contribution in [1.82, 2.24) is 19.4 Å². The molecule has 1 fully saturated rings. The van der Waals surface area contributed by atoms with Gasteiger partial charge in [-0.1, -0.05) is 24.6 Å². The summed E-state index contributed by atoms with van der Waals surface area (Å²) < 4.78 is 40.4. The second-order valence-electron chi connectivity index (χ2n) is 9.17. The van der Waals surface area contributed by atoms with Crippen LogP contribution in [0.15, 0.2) is 48.9 Å². The number of likely N-dealkylation sites (tertiary alicyclic amines) is 1. The van der Waals surface area contributed by atoms with E-state index < -0.39 is 11.7 Å². The maximum absolute atomic E-state index is 13.8. The molecule has 0 saturated carbocycles. The van der Waals surface area contributed by atoms with Crippen molar-refractivity contribution in [2.45, 2.75) is 51.7 Å². The van der Waals surface area contributed by atoms with Crippen molar-refractivity contribution in [3.05, 3.63) is 71.3 Å². The highest BCUT2D eigenvalue weighted by Gasteiger charge is 2.34. The first kappa shape index (κ1) is 24.0. The summed E-state index contributed by atoms with van der Waals surface area (Å²) in [4.78, 5) is 24.3. The number of benzene rings is 1. The van der Waals surface area contributed by atoms with Crippen LogP contribution in [0.3, 0.4) is 0 Å². The fraction of sp³-hybridized carbons (Fsp3) is 0.423. The molecular weight excluding hydrogens is 441 g/mol. The Balaban J connectivity index is 1.58. The van der Waals surface area contributed by atoms with E-state index in [1.54, 1.807) is 6.20 Å². The van der Waals surface area contributed by atoms with Crippen LogP contribution in [0, 0.1) is 12.8 Å². The minimum atomic E-state index is -4.40. The lowest BCUT2D eigenvalue weighted by Crippen LogP contribution is -2.48. The van der Waals surface area contributed by atoms with Gasteiger partial charge >= 0.3 is 6.18 Å². The predicted molar refractivity (Wildman–Crippen MR) is 124 cm³/mol. The van der Waals surface area contributed by atoms with E-state index in [0.717, 1.165) is 42.1 Å². The Labute approximate surface area is 197 Å². The van der Waals surface area contributed by atoms with Crippen LogP contribution in [-0.4, -0.2) is 37.9 Å². The average molecular weight is 471 g/mol. The van der Waals surface area contributed by atoms with Crippen LogP contribution < -0.4 is 0 Å². The Bertz CT molecular complexity index is 1150. The van der Waals surface area contributed by atoms with Gasteiger partial charge in [0.1, 0.15) is 5.82 Å². The maximum atomic E-state index is 13.8. The number of carbonyl (C=O) groups is 1. The number of aromatic nitrogens is 3. The van der Waals surface area contributed by atoms with Crippen LogP contribution in [0.5, 0.6) is 0 Å². The maximum Gasteiger partial charge on any atom is 0.417 e. The quantitative estimate of drug-likeness (QED) is 0.482. The molecule has 180 valence electrons. The van der Waals surface area contributed by atoms with Gasteiger partial charge in [-0.3, -0.25) is 9.78 Å². The molecule has 4 rings (SSSR count). The number of amides is 1. The molecule has 8 heteroatoms. The number of imidazole rings is 1. The van der Waals surface area contributed by atoms with Gasteiger partial charge in [0.05, 0.1) is 11.1 Å². The first-order valence-corrected chi connectivity index (χ1v) is 11.6. The number of nitrogens with zero attached hydrogens (tertiary/aromatic N) is 4.